The minimum Gasteiger partial charge on any atom is -0.507 e. The predicted octanol–water partition coefficient (Wildman–Crippen LogP) is 2.08. The van der Waals surface area contributed by atoms with Crippen molar-refractivity contribution in [2.75, 3.05) is 0 Å². The predicted molar refractivity (Wildman–Crippen MR) is 76.3 cm³/mol. The van der Waals surface area contributed by atoms with Gasteiger partial charge in [0.15, 0.2) is 0 Å². The molecule has 1 aromatic carbocycles. The first-order chi connectivity index (χ1) is 8.64. The van der Waals surface area contributed by atoms with E-state index in [0.29, 0.717) is 11.3 Å². The fourth-order valence-electron chi connectivity index (χ4n) is 1.99. The molecule has 0 radical (unpaired) electrons. The zero-order valence-electron chi connectivity index (χ0n) is 12.1. The Kier molecular flexibility index (Phi) is 3.23. The van der Waals surface area contributed by atoms with Gasteiger partial charge in [0.2, 0.25) is 0 Å². The van der Waals surface area contributed by atoms with E-state index in [1.54, 1.807) is 19.1 Å². The molecule has 1 saturated heterocycles. The Morgan fingerprint density at radius 3 is 2.11 bits per heavy atom. The van der Waals surface area contributed by atoms with Gasteiger partial charge in [-0.15, -0.1) is 0 Å². The number of nitrogens with one attached hydrogen (secondary N) is 1. The molecule has 2 rings (SSSR count). The van der Waals surface area contributed by atoms with Gasteiger partial charge in [0, 0.05) is 11.3 Å². The van der Waals surface area contributed by atoms with Crippen LogP contribution < -0.4 is 5.46 Å². The summed E-state index contributed by atoms with van der Waals surface area (Å²) in [6, 6.07) is 5.16. The Morgan fingerprint density at radius 1 is 1.16 bits per heavy atom. The maximum Gasteiger partial charge on any atom is 0.494 e. The van der Waals surface area contributed by atoms with E-state index >= 15 is 0 Å². The smallest absolute Gasteiger partial charge is 0.494 e. The molecule has 0 atom stereocenters. The van der Waals surface area contributed by atoms with E-state index in [1.165, 1.54) is 0 Å². The molecule has 0 spiro atoms. The van der Waals surface area contributed by atoms with E-state index in [0.717, 1.165) is 5.46 Å². The lowest BCUT2D eigenvalue weighted by Crippen LogP contribution is -2.41. The average Bonchev–Trinajstić information content (AvgIpc) is 2.47. The van der Waals surface area contributed by atoms with Crippen molar-refractivity contribution < 1.29 is 14.4 Å². The van der Waals surface area contributed by atoms with Gasteiger partial charge in [-0.05, 0) is 52.2 Å². The van der Waals surface area contributed by atoms with Crippen LogP contribution in [0.15, 0.2) is 18.2 Å². The van der Waals surface area contributed by atoms with E-state index in [-0.39, 0.29) is 5.75 Å². The van der Waals surface area contributed by atoms with E-state index in [1.807, 2.05) is 33.8 Å². The van der Waals surface area contributed by atoms with Crippen LogP contribution in [0.1, 0.15) is 40.2 Å². The van der Waals surface area contributed by atoms with Gasteiger partial charge < -0.3 is 19.8 Å². The Morgan fingerprint density at radius 2 is 1.68 bits per heavy atom. The third kappa shape index (κ3) is 2.40. The second-order valence-electron chi connectivity index (χ2n) is 5.99. The Balaban J connectivity index is 2.31. The lowest BCUT2D eigenvalue weighted by molar-refractivity contribution is 0.00578. The maximum atomic E-state index is 9.93. The van der Waals surface area contributed by atoms with Crippen LogP contribution in [0.3, 0.4) is 0 Å². The second kappa shape index (κ2) is 4.35. The largest absolute Gasteiger partial charge is 0.507 e. The summed E-state index contributed by atoms with van der Waals surface area (Å²) in [5.74, 6) is 0.0831. The highest BCUT2D eigenvalue weighted by atomic mass is 16.7. The van der Waals surface area contributed by atoms with E-state index in [4.69, 9.17) is 14.7 Å². The van der Waals surface area contributed by atoms with E-state index in [9.17, 15) is 5.11 Å². The molecule has 1 fully saturated rings. The zero-order valence-corrected chi connectivity index (χ0v) is 12.1. The van der Waals surface area contributed by atoms with Gasteiger partial charge in [0.25, 0.3) is 0 Å². The first-order valence-corrected chi connectivity index (χ1v) is 6.38. The first kappa shape index (κ1) is 14.1. The summed E-state index contributed by atoms with van der Waals surface area (Å²) in [6.45, 7) is 9.60. The molecule has 1 heterocycles. The summed E-state index contributed by atoms with van der Waals surface area (Å²) in [4.78, 5) is 0. The standard InChI is InChI=1S/C14H20BNO3/c1-9(16)11-7-6-10(8-12(11)17)15-18-13(2,3)14(4,5)19-15/h6-8,16-17H,1-5H3. The van der Waals surface area contributed by atoms with Crippen molar-refractivity contribution in [2.45, 2.75) is 45.8 Å². The molecule has 1 aliphatic rings. The minimum atomic E-state index is -0.490. The normalized spacial score (nSPS) is 20.6. The van der Waals surface area contributed by atoms with Crippen LogP contribution >= 0.6 is 0 Å². The second-order valence-corrected chi connectivity index (χ2v) is 5.99. The number of hydrogen-bond donors (Lipinski definition) is 2. The van der Waals surface area contributed by atoms with E-state index < -0.39 is 18.3 Å². The fraction of sp³-hybridized carbons (Fsp3) is 0.500. The third-order valence-electron chi connectivity index (χ3n) is 3.95. The molecule has 1 aromatic rings. The summed E-state index contributed by atoms with van der Waals surface area (Å²) >= 11 is 0. The highest BCUT2D eigenvalue weighted by Crippen LogP contribution is 2.36. The molecule has 0 aromatic heterocycles. The number of rotatable bonds is 2. The number of aromatic hydroxyl groups is 1. The summed E-state index contributed by atoms with van der Waals surface area (Å²) in [5.41, 5.74) is 0.826. The van der Waals surface area contributed by atoms with Gasteiger partial charge in [-0.3, -0.25) is 0 Å². The zero-order chi connectivity index (χ0) is 14.4. The molecule has 0 amide bonds. The molecule has 0 saturated carbocycles. The Bertz CT molecular complexity index is 509. The molecule has 19 heavy (non-hydrogen) atoms. The molecule has 2 N–H and O–H groups in total. The molecule has 5 heteroatoms. The minimum absolute atomic E-state index is 0.0831. The molecule has 0 bridgehead atoms. The number of phenolic OH excluding ortho intramolecular Hbond substituents is 1. The van der Waals surface area contributed by atoms with Gasteiger partial charge in [-0.2, -0.15) is 0 Å². The van der Waals surface area contributed by atoms with Crippen molar-refractivity contribution in [1.29, 1.82) is 5.41 Å². The number of hydrogen-bond acceptors (Lipinski definition) is 4. The molecule has 102 valence electrons. The van der Waals surface area contributed by atoms with Crippen molar-refractivity contribution in [1.82, 2.24) is 0 Å². The fourth-order valence-corrected chi connectivity index (χ4v) is 1.99. The van der Waals surface area contributed by atoms with Crippen LogP contribution in [0.4, 0.5) is 0 Å². The van der Waals surface area contributed by atoms with Gasteiger partial charge >= 0.3 is 7.12 Å². The molecule has 0 unspecified atom stereocenters. The maximum absolute atomic E-state index is 9.93. The van der Waals surface area contributed by atoms with Crippen LogP contribution in [0, 0.1) is 5.41 Å². The highest BCUT2D eigenvalue weighted by Gasteiger charge is 2.51. The van der Waals surface area contributed by atoms with Gasteiger partial charge in [-0.1, -0.05) is 6.07 Å². The van der Waals surface area contributed by atoms with Crippen molar-refractivity contribution in [3.8, 4) is 5.75 Å². The average molecular weight is 261 g/mol. The van der Waals surface area contributed by atoms with Gasteiger partial charge in [0.1, 0.15) is 5.75 Å². The van der Waals surface area contributed by atoms with Crippen molar-refractivity contribution in [2.24, 2.45) is 0 Å². The van der Waals surface area contributed by atoms with Crippen molar-refractivity contribution in [3.63, 3.8) is 0 Å². The van der Waals surface area contributed by atoms with Crippen molar-refractivity contribution >= 4 is 18.3 Å². The SMILES string of the molecule is CC(=N)c1ccc(B2OC(C)(C)C(C)(C)O2)cc1O. The summed E-state index contributed by atoms with van der Waals surface area (Å²) < 4.78 is 11.8. The summed E-state index contributed by atoms with van der Waals surface area (Å²) in [5, 5.41) is 17.5. The van der Waals surface area contributed by atoms with Crippen LogP contribution in [0.5, 0.6) is 5.75 Å². The molecular weight excluding hydrogens is 241 g/mol. The van der Waals surface area contributed by atoms with Crippen molar-refractivity contribution in [3.05, 3.63) is 23.8 Å². The first-order valence-electron chi connectivity index (χ1n) is 6.38. The van der Waals surface area contributed by atoms with Crippen LogP contribution in [-0.2, 0) is 9.31 Å². The Labute approximate surface area is 114 Å². The van der Waals surface area contributed by atoms with E-state index in [2.05, 4.69) is 0 Å². The molecule has 1 aliphatic heterocycles. The monoisotopic (exact) mass is 261 g/mol. The molecular formula is C14H20BNO3. The summed E-state index contributed by atoms with van der Waals surface area (Å²) in [7, 11) is -0.490. The molecule has 4 nitrogen and oxygen atoms in total. The highest BCUT2D eigenvalue weighted by molar-refractivity contribution is 6.62. The lowest BCUT2D eigenvalue weighted by atomic mass is 9.78. The van der Waals surface area contributed by atoms with Crippen LogP contribution in [0.2, 0.25) is 0 Å². The molecule has 0 aliphatic carbocycles. The van der Waals surface area contributed by atoms with Crippen LogP contribution in [0.25, 0.3) is 0 Å². The topological polar surface area (TPSA) is 62.5 Å². The summed E-state index contributed by atoms with van der Waals surface area (Å²) in [6.07, 6.45) is 0. The van der Waals surface area contributed by atoms with Gasteiger partial charge in [-0.25, -0.2) is 0 Å². The quantitative estimate of drug-likeness (QED) is 0.632. The number of benzene rings is 1. The Hall–Kier alpha value is -1.33. The number of phenols is 1. The van der Waals surface area contributed by atoms with Gasteiger partial charge in [0.05, 0.1) is 11.2 Å². The lowest BCUT2D eigenvalue weighted by Gasteiger charge is -2.32. The third-order valence-corrected chi connectivity index (χ3v) is 3.95. The van der Waals surface area contributed by atoms with Crippen LogP contribution in [-0.4, -0.2) is 29.1 Å².